The SMILES string of the molecule is Cc1ccc(-c2cccc(C(=O)[O-])c2)cc1F. The van der Waals surface area contributed by atoms with Gasteiger partial charge in [-0.25, -0.2) is 4.39 Å². The van der Waals surface area contributed by atoms with Crippen LogP contribution in [0.25, 0.3) is 11.1 Å². The van der Waals surface area contributed by atoms with Crippen LogP contribution in [0.5, 0.6) is 0 Å². The fourth-order valence-corrected chi connectivity index (χ4v) is 1.60. The van der Waals surface area contributed by atoms with Crippen molar-refractivity contribution in [1.82, 2.24) is 0 Å². The monoisotopic (exact) mass is 229 g/mol. The van der Waals surface area contributed by atoms with Crippen molar-refractivity contribution >= 4 is 5.97 Å². The van der Waals surface area contributed by atoms with Gasteiger partial charge in [-0.3, -0.25) is 0 Å². The number of carbonyl (C=O) groups is 1. The maximum absolute atomic E-state index is 13.4. The number of hydrogen-bond donors (Lipinski definition) is 0. The molecule has 0 unspecified atom stereocenters. The Bertz CT molecular complexity index is 576. The fourth-order valence-electron chi connectivity index (χ4n) is 1.60. The summed E-state index contributed by atoms with van der Waals surface area (Å²) < 4.78 is 13.4. The van der Waals surface area contributed by atoms with E-state index in [4.69, 9.17) is 0 Å². The minimum atomic E-state index is -1.24. The maximum Gasteiger partial charge on any atom is 0.126 e. The summed E-state index contributed by atoms with van der Waals surface area (Å²) in [6, 6.07) is 11.1. The quantitative estimate of drug-likeness (QED) is 0.791. The summed E-state index contributed by atoms with van der Waals surface area (Å²) in [5.74, 6) is -1.54. The minimum absolute atomic E-state index is 0.0866. The molecule has 0 amide bonds. The molecule has 0 aliphatic heterocycles. The summed E-state index contributed by atoms with van der Waals surface area (Å²) in [5.41, 5.74) is 1.95. The Kier molecular flexibility index (Phi) is 2.91. The second-order valence-electron chi connectivity index (χ2n) is 3.83. The molecule has 0 radical (unpaired) electrons. The first-order chi connectivity index (χ1) is 8.08. The topological polar surface area (TPSA) is 40.1 Å². The molecule has 0 bridgehead atoms. The lowest BCUT2D eigenvalue weighted by atomic mass is 10.0. The third-order valence-corrected chi connectivity index (χ3v) is 2.60. The van der Waals surface area contributed by atoms with Crippen LogP contribution in [0.1, 0.15) is 15.9 Å². The third-order valence-electron chi connectivity index (χ3n) is 2.60. The molecule has 2 aromatic carbocycles. The van der Waals surface area contributed by atoms with Gasteiger partial charge in [0.2, 0.25) is 0 Å². The number of carboxylic acids is 1. The summed E-state index contributed by atoms with van der Waals surface area (Å²) >= 11 is 0. The first kappa shape index (κ1) is 11.3. The van der Waals surface area contributed by atoms with Gasteiger partial charge < -0.3 is 9.90 Å². The molecule has 0 saturated carbocycles. The van der Waals surface area contributed by atoms with E-state index in [1.54, 1.807) is 31.2 Å². The average molecular weight is 229 g/mol. The Labute approximate surface area is 98.3 Å². The first-order valence-electron chi connectivity index (χ1n) is 5.16. The highest BCUT2D eigenvalue weighted by atomic mass is 19.1. The number of halogens is 1. The normalized spacial score (nSPS) is 10.2. The molecule has 3 heteroatoms. The Hall–Kier alpha value is -2.16. The molecule has 0 saturated heterocycles. The van der Waals surface area contributed by atoms with E-state index in [-0.39, 0.29) is 11.4 Å². The Balaban J connectivity index is 2.49. The lowest BCUT2D eigenvalue weighted by molar-refractivity contribution is -0.255. The highest BCUT2D eigenvalue weighted by Gasteiger charge is 2.03. The van der Waals surface area contributed by atoms with E-state index in [1.165, 1.54) is 18.2 Å². The molecule has 0 spiro atoms. The van der Waals surface area contributed by atoms with Gasteiger partial charge in [-0.05, 0) is 41.3 Å². The summed E-state index contributed by atoms with van der Waals surface area (Å²) in [6.45, 7) is 1.68. The number of carboxylic acid groups (broad SMARTS) is 1. The van der Waals surface area contributed by atoms with Crippen molar-refractivity contribution in [3.05, 3.63) is 59.4 Å². The standard InChI is InChI=1S/C14H11FO2/c1-9-5-6-11(8-13(9)15)10-3-2-4-12(7-10)14(16)17/h2-8H,1H3,(H,16,17)/p-1. The van der Waals surface area contributed by atoms with Crippen LogP contribution in [-0.4, -0.2) is 5.97 Å². The molecular weight excluding hydrogens is 219 g/mol. The highest BCUT2D eigenvalue weighted by molar-refractivity contribution is 5.87. The van der Waals surface area contributed by atoms with Crippen LogP contribution in [0, 0.1) is 12.7 Å². The Morgan fingerprint density at radius 2 is 1.82 bits per heavy atom. The molecule has 0 N–H and O–H groups in total. The number of aromatic carboxylic acids is 1. The Morgan fingerprint density at radius 3 is 2.47 bits per heavy atom. The van der Waals surface area contributed by atoms with E-state index >= 15 is 0 Å². The molecule has 86 valence electrons. The summed E-state index contributed by atoms with van der Waals surface area (Å²) in [5, 5.41) is 10.7. The van der Waals surface area contributed by atoms with Gasteiger partial charge in [-0.1, -0.05) is 30.3 Å². The van der Waals surface area contributed by atoms with Crippen LogP contribution < -0.4 is 5.11 Å². The number of carbonyl (C=O) groups excluding carboxylic acids is 1. The van der Waals surface area contributed by atoms with E-state index < -0.39 is 5.97 Å². The summed E-state index contributed by atoms with van der Waals surface area (Å²) in [6.07, 6.45) is 0. The summed E-state index contributed by atoms with van der Waals surface area (Å²) in [7, 11) is 0. The Morgan fingerprint density at radius 1 is 1.12 bits per heavy atom. The predicted molar refractivity (Wildman–Crippen MR) is 60.9 cm³/mol. The number of aryl methyl sites for hydroxylation is 1. The molecule has 2 aromatic rings. The van der Waals surface area contributed by atoms with E-state index in [1.807, 2.05) is 0 Å². The lowest BCUT2D eigenvalue weighted by Crippen LogP contribution is -2.22. The molecule has 2 rings (SSSR count). The van der Waals surface area contributed by atoms with Gasteiger partial charge in [0, 0.05) is 0 Å². The van der Waals surface area contributed by atoms with Crippen LogP contribution in [0.15, 0.2) is 42.5 Å². The van der Waals surface area contributed by atoms with Crippen LogP contribution >= 0.6 is 0 Å². The van der Waals surface area contributed by atoms with E-state index in [2.05, 4.69) is 0 Å². The molecular formula is C14H10FO2-. The van der Waals surface area contributed by atoms with E-state index in [0.29, 0.717) is 16.7 Å². The largest absolute Gasteiger partial charge is 0.545 e. The number of benzene rings is 2. The molecule has 0 fully saturated rings. The van der Waals surface area contributed by atoms with Gasteiger partial charge in [0.1, 0.15) is 5.82 Å². The van der Waals surface area contributed by atoms with E-state index in [9.17, 15) is 14.3 Å². The van der Waals surface area contributed by atoms with Crippen molar-refractivity contribution < 1.29 is 14.3 Å². The van der Waals surface area contributed by atoms with Gasteiger partial charge in [0.15, 0.2) is 0 Å². The predicted octanol–water partition coefficient (Wildman–Crippen LogP) is 2.16. The first-order valence-corrected chi connectivity index (χ1v) is 5.16. The zero-order valence-corrected chi connectivity index (χ0v) is 9.24. The minimum Gasteiger partial charge on any atom is -0.545 e. The maximum atomic E-state index is 13.4. The van der Waals surface area contributed by atoms with Crippen LogP contribution in [0.4, 0.5) is 4.39 Å². The third kappa shape index (κ3) is 2.33. The van der Waals surface area contributed by atoms with Crippen molar-refractivity contribution in [2.45, 2.75) is 6.92 Å². The van der Waals surface area contributed by atoms with Crippen molar-refractivity contribution in [1.29, 1.82) is 0 Å². The summed E-state index contributed by atoms with van der Waals surface area (Å²) in [4.78, 5) is 10.7. The van der Waals surface area contributed by atoms with Crippen molar-refractivity contribution in [3.63, 3.8) is 0 Å². The van der Waals surface area contributed by atoms with Crippen LogP contribution in [0.3, 0.4) is 0 Å². The molecule has 0 aliphatic carbocycles. The molecule has 0 atom stereocenters. The van der Waals surface area contributed by atoms with Gasteiger partial charge in [0.25, 0.3) is 0 Å². The van der Waals surface area contributed by atoms with Gasteiger partial charge in [-0.2, -0.15) is 0 Å². The lowest BCUT2D eigenvalue weighted by Gasteiger charge is -2.07. The average Bonchev–Trinajstić information content (AvgIpc) is 2.33. The highest BCUT2D eigenvalue weighted by Crippen LogP contribution is 2.22. The molecule has 0 heterocycles. The molecule has 17 heavy (non-hydrogen) atoms. The van der Waals surface area contributed by atoms with Crippen LogP contribution in [-0.2, 0) is 0 Å². The molecule has 0 aromatic heterocycles. The van der Waals surface area contributed by atoms with Crippen molar-refractivity contribution in [2.24, 2.45) is 0 Å². The second kappa shape index (κ2) is 4.37. The fraction of sp³-hybridized carbons (Fsp3) is 0.0714. The van der Waals surface area contributed by atoms with Crippen molar-refractivity contribution in [2.75, 3.05) is 0 Å². The second-order valence-corrected chi connectivity index (χ2v) is 3.83. The molecule has 2 nitrogen and oxygen atoms in total. The smallest absolute Gasteiger partial charge is 0.126 e. The van der Waals surface area contributed by atoms with Gasteiger partial charge in [-0.15, -0.1) is 0 Å². The number of hydrogen-bond acceptors (Lipinski definition) is 2. The van der Waals surface area contributed by atoms with Crippen LogP contribution in [0.2, 0.25) is 0 Å². The zero-order valence-electron chi connectivity index (χ0n) is 9.24. The molecule has 0 aliphatic rings. The zero-order chi connectivity index (χ0) is 12.4. The van der Waals surface area contributed by atoms with E-state index in [0.717, 1.165) is 0 Å². The van der Waals surface area contributed by atoms with Gasteiger partial charge >= 0.3 is 0 Å². The number of rotatable bonds is 2. The van der Waals surface area contributed by atoms with Crippen molar-refractivity contribution in [3.8, 4) is 11.1 Å². The van der Waals surface area contributed by atoms with Gasteiger partial charge in [0.05, 0.1) is 5.97 Å².